The molecule has 0 aromatic heterocycles. The van der Waals surface area contributed by atoms with Crippen LogP contribution in [0.3, 0.4) is 0 Å². The number of nitro benzene ring substituents is 1. The molecule has 0 saturated carbocycles. The van der Waals surface area contributed by atoms with Crippen LogP contribution in [0.15, 0.2) is 54.6 Å². The second-order valence-corrected chi connectivity index (χ2v) is 8.42. The molecule has 0 spiro atoms. The van der Waals surface area contributed by atoms with E-state index in [1.807, 2.05) is 30.3 Å². The van der Waals surface area contributed by atoms with Crippen LogP contribution in [-0.2, 0) is 15.8 Å². The number of carbonyl (C=O) groups is 1. The maximum atomic E-state index is 11.6. The fraction of sp³-hybridized carbons (Fsp3) is 0.235. The molecule has 9 nitrogen and oxygen atoms in total. The number of nitrogens with zero attached hydrogens (tertiary/aromatic N) is 1. The van der Waals surface area contributed by atoms with E-state index in [0.717, 1.165) is 5.56 Å². The van der Waals surface area contributed by atoms with Crippen molar-refractivity contribution in [1.82, 2.24) is 0 Å². The van der Waals surface area contributed by atoms with Crippen LogP contribution in [0, 0.1) is 10.1 Å². The second kappa shape index (κ2) is 9.77. The molecule has 2 aromatic rings. The van der Waals surface area contributed by atoms with Crippen molar-refractivity contribution in [2.45, 2.75) is 24.8 Å². The number of carboxylic acid groups (broad SMARTS) is 1. The van der Waals surface area contributed by atoms with Gasteiger partial charge >= 0.3 is 12.9 Å². The van der Waals surface area contributed by atoms with Gasteiger partial charge in [0.25, 0.3) is 5.69 Å². The number of hydrogen-bond donors (Lipinski definition) is 4. The number of hydrogen-bond acceptors (Lipinski definition) is 5. The Kier molecular flexibility index (Phi) is 8.29. The molecular formula is C17H20ClN2O7P. The molecule has 0 bridgehead atoms. The van der Waals surface area contributed by atoms with Gasteiger partial charge in [0.15, 0.2) is 0 Å². The van der Waals surface area contributed by atoms with E-state index in [9.17, 15) is 20.0 Å². The minimum Gasteiger partial charge on any atom is -0.480 e. The largest absolute Gasteiger partial charge is 0.480 e. The van der Waals surface area contributed by atoms with Crippen molar-refractivity contribution in [3.05, 3.63) is 75.8 Å². The maximum absolute atomic E-state index is 11.6. The number of aliphatic carboxylic acids is 1. The predicted octanol–water partition coefficient (Wildman–Crippen LogP) is 3.04. The lowest BCUT2D eigenvalue weighted by atomic mass is 9.77. The number of rotatable bonds is 6. The minimum atomic E-state index is -4.17. The molecule has 0 amide bonds. The molecule has 11 heteroatoms. The monoisotopic (exact) mass is 430 g/mol. The van der Waals surface area contributed by atoms with E-state index in [2.05, 4.69) is 11.2 Å². The number of non-ortho nitro benzene ring substituents is 1. The predicted molar refractivity (Wildman–Crippen MR) is 104 cm³/mol. The van der Waals surface area contributed by atoms with Gasteiger partial charge < -0.3 is 20.6 Å². The zero-order valence-electron chi connectivity index (χ0n) is 14.8. The Balaban J connectivity index is 0.000000696. The van der Waals surface area contributed by atoms with Crippen LogP contribution in [0.2, 0.25) is 0 Å². The maximum Gasteiger partial charge on any atom is 0.419 e. The quantitative estimate of drug-likeness (QED) is 0.308. The summed E-state index contributed by atoms with van der Waals surface area (Å²) in [4.78, 5) is 36.6. The molecule has 0 heterocycles. The molecule has 28 heavy (non-hydrogen) atoms. The Hall–Kier alpha value is -2.29. The van der Waals surface area contributed by atoms with Crippen molar-refractivity contribution in [3.63, 3.8) is 0 Å². The molecule has 0 aliphatic rings. The van der Waals surface area contributed by atoms with Crippen LogP contribution in [-0.4, -0.2) is 31.3 Å². The number of carboxylic acids is 1. The van der Waals surface area contributed by atoms with Crippen molar-refractivity contribution in [3.8, 4) is 0 Å². The summed E-state index contributed by atoms with van der Waals surface area (Å²) in [7, 11) is 0. The van der Waals surface area contributed by atoms with Crippen molar-refractivity contribution < 1.29 is 29.2 Å². The molecule has 5 N–H and O–H groups in total. The van der Waals surface area contributed by atoms with E-state index in [4.69, 9.17) is 20.1 Å². The summed E-state index contributed by atoms with van der Waals surface area (Å²) in [5.41, 5.74) is 6.13. The average Bonchev–Trinajstić information content (AvgIpc) is 2.59. The molecule has 2 rings (SSSR count). The van der Waals surface area contributed by atoms with Gasteiger partial charge in [-0.25, -0.2) is 4.57 Å². The summed E-state index contributed by atoms with van der Waals surface area (Å²) < 4.78 is 9.09. The van der Waals surface area contributed by atoms with Crippen molar-refractivity contribution >= 4 is 29.8 Å². The Morgan fingerprint density at radius 1 is 1.21 bits per heavy atom. The van der Waals surface area contributed by atoms with Crippen molar-refractivity contribution in [2.24, 2.45) is 5.73 Å². The van der Waals surface area contributed by atoms with E-state index >= 15 is 0 Å². The number of nitrogens with two attached hydrogens (primary N) is 1. The van der Waals surface area contributed by atoms with Crippen molar-refractivity contribution in [2.75, 3.05) is 0 Å². The van der Waals surface area contributed by atoms with Gasteiger partial charge in [0.05, 0.1) is 4.92 Å². The first kappa shape index (κ1) is 23.7. The van der Waals surface area contributed by atoms with Gasteiger partial charge in [0, 0.05) is 29.3 Å². The third kappa shape index (κ3) is 7.75. The minimum absolute atomic E-state index is 0.0405. The molecule has 0 aliphatic carbocycles. The standard InChI is InChI=1S/C17H18N2O4.ClH2O3P/c1-17(18,16(20)21)15(11-12-5-3-2-4-6-12)13-7-9-14(10-8-13)19(22)23;1-5(2,3)4/h2-10,15H,11,18H2,1H3,(H,20,21);(H2,2,3,4). The summed E-state index contributed by atoms with van der Waals surface area (Å²) in [5, 5.41) is 20.2. The molecule has 2 aromatic carbocycles. The van der Waals surface area contributed by atoms with E-state index in [1.54, 1.807) is 12.1 Å². The van der Waals surface area contributed by atoms with Crippen LogP contribution in [0.5, 0.6) is 0 Å². The lowest BCUT2D eigenvalue weighted by Crippen LogP contribution is -2.50. The zero-order valence-corrected chi connectivity index (χ0v) is 16.5. The molecule has 0 saturated heterocycles. The van der Waals surface area contributed by atoms with Crippen molar-refractivity contribution in [1.29, 1.82) is 0 Å². The fourth-order valence-electron chi connectivity index (χ4n) is 2.50. The van der Waals surface area contributed by atoms with Crippen LogP contribution in [0.25, 0.3) is 0 Å². The Bertz CT molecular complexity index is 845. The molecule has 152 valence electrons. The highest BCUT2D eigenvalue weighted by atomic mass is 35.7. The topological polar surface area (TPSA) is 164 Å². The SMILES string of the molecule is CC(N)(C(=O)O)C(Cc1ccccc1)c1ccc([N+](=O)[O-])cc1.O=P(O)(O)Cl. The Labute approximate surface area is 165 Å². The lowest BCUT2D eigenvalue weighted by molar-refractivity contribution is -0.384. The summed E-state index contributed by atoms with van der Waals surface area (Å²) in [5.74, 6) is -1.63. The molecular weight excluding hydrogens is 411 g/mol. The van der Waals surface area contributed by atoms with Crippen LogP contribution in [0.1, 0.15) is 24.0 Å². The molecule has 2 atom stereocenters. The van der Waals surface area contributed by atoms with Gasteiger partial charge in [-0.15, -0.1) is 0 Å². The van der Waals surface area contributed by atoms with Gasteiger partial charge in [-0.05, 0) is 24.5 Å². The van der Waals surface area contributed by atoms with Gasteiger partial charge in [0.1, 0.15) is 5.54 Å². The highest BCUT2D eigenvalue weighted by Gasteiger charge is 2.38. The third-order valence-corrected chi connectivity index (χ3v) is 3.97. The number of halogens is 1. The van der Waals surface area contributed by atoms with E-state index in [0.29, 0.717) is 12.0 Å². The average molecular weight is 431 g/mol. The number of nitro groups is 1. The summed E-state index contributed by atoms with van der Waals surface area (Å²) in [6.45, 7) is -2.70. The fourth-order valence-corrected chi connectivity index (χ4v) is 2.50. The first-order chi connectivity index (χ1) is 12.8. The van der Waals surface area contributed by atoms with Gasteiger partial charge in [-0.1, -0.05) is 42.5 Å². The molecule has 0 radical (unpaired) electrons. The number of benzene rings is 2. The summed E-state index contributed by atoms with van der Waals surface area (Å²) >= 11 is 4.20. The van der Waals surface area contributed by atoms with E-state index in [-0.39, 0.29) is 5.69 Å². The molecule has 2 unspecified atom stereocenters. The van der Waals surface area contributed by atoms with Crippen LogP contribution < -0.4 is 5.73 Å². The first-order valence-electron chi connectivity index (χ1n) is 7.88. The second-order valence-electron chi connectivity index (χ2n) is 6.15. The zero-order chi connectivity index (χ0) is 21.5. The highest BCUT2D eigenvalue weighted by molar-refractivity contribution is 7.79. The van der Waals surface area contributed by atoms with Gasteiger partial charge in [-0.2, -0.15) is 0 Å². The van der Waals surface area contributed by atoms with Gasteiger partial charge in [0.2, 0.25) is 0 Å². The molecule has 0 fully saturated rings. The first-order valence-corrected chi connectivity index (χ1v) is 10.4. The van der Waals surface area contributed by atoms with Crippen LogP contribution >= 0.6 is 18.2 Å². The molecule has 0 aliphatic heterocycles. The lowest BCUT2D eigenvalue weighted by Gasteiger charge is -2.31. The smallest absolute Gasteiger partial charge is 0.419 e. The summed E-state index contributed by atoms with van der Waals surface area (Å²) in [6, 6.07) is 15.3. The Morgan fingerprint density at radius 3 is 2.07 bits per heavy atom. The normalized spacial score (nSPS) is 14.2. The van der Waals surface area contributed by atoms with Crippen LogP contribution in [0.4, 0.5) is 5.69 Å². The van der Waals surface area contributed by atoms with Gasteiger partial charge in [-0.3, -0.25) is 14.9 Å². The Morgan fingerprint density at radius 2 is 1.68 bits per heavy atom. The third-order valence-electron chi connectivity index (χ3n) is 3.97. The van der Waals surface area contributed by atoms with E-state index < -0.39 is 29.3 Å². The van der Waals surface area contributed by atoms with E-state index in [1.165, 1.54) is 19.1 Å². The highest BCUT2D eigenvalue weighted by Crippen LogP contribution is 2.39. The summed E-state index contributed by atoms with van der Waals surface area (Å²) in [6.07, 6.45) is 0.429.